The van der Waals surface area contributed by atoms with Gasteiger partial charge in [-0.15, -0.1) is 0 Å². The zero-order valence-electron chi connectivity index (χ0n) is 22.7. The standard InChI is InChI=1S/C29H30F3N3O5S/c1-28(37,27(36)34-22-13-12-21(18-33)25(17-22)29(30,31)32)19-41(38,39)26-11-5-4-10-24(26)20-8-6-9-23(16-20)40-15-7-14-35(2)3/h4-6,8-13,16-17,37H,7,14-15,19H2,1-3H3,(H,34,36). The Bertz CT molecular complexity index is 1550. The lowest BCUT2D eigenvalue weighted by Crippen LogP contribution is -2.45. The molecule has 0 fully saturated rings. The summed E-state index contributed by atoms with van der Waals surface area (Å²) in [5, 5.41) is 21.9. The monoisotopic (exact) mass is 589 g/mol. The van der Waals surface area contributed by atoms with E-state index in [0.717, 1.165) is 32.0 Å². The number of nitrogens with zero attached hydrogens (tertiary/aromatic N) is 2. The molecule has 0 bridgehead atoms. The molecule has 0 radical (unpaired) electrons. The largest absolute Gasteiger partial charge is 0.494 e. The summed E-state index contributed by atoms with van der Waals surface area (Å²) in [6.07, 6.45) is -4.07. The molecule has 3 aromatic rings. The summed E-state index contributed by atoms with van der Waals surface area (Å²) in [5.74, 6) is -1.74. The van der Waals surface area contributed by atoms with Crippen LogP contribution in [0, 0.1) is 11.3 Å². The van der Waals surface area contributed by atoms with Gasteiger partial charge in [0.2, 0.25) is 0 Å². The van der Waals surface area contributed by atoms with Crippen LogP contribution in [0.1, 0.15) is 24.5 Å². The van der Waals surface area contributed by atoms with Gasteiger partial charge in [-0.25, -0.2) is 8.42 Å². The van der Waals surface area contributed by atoms with Crippen LogP contribution in [-0.2, 0) is 20.8 Å². The first-order valence-corrected chi connectivity index (χ1v) is 14.1. The number of sulfone groups is 1. The summed E-state index contributed by atoms with van der Waals surface area (Å²) in [6, 6.07) is 16.9. The number of rotatable bonds is 11. The van der Waals surface area contributed by atoms with Gasteiger partial charge in [-0.05, 0) is 69.4 Å². The van der Waals surface area contributed by atoms with E-state index in [0.29, 0.717) is 29.5 Å². The van der Waals surface area contributed by atoms with E-state index in [1.54, 1.807) is 36.4 Å². The third kappa shape index (κ3) is 8.29. The highest BCUT2D eigenvalue weighted by atomic mass is 32.2. The van der Waals surface area contributed by atoms with Gasteiger partial charge in [0.25, 0.3) is 5.91 Å². The van der Waals surface area contributed by atoms with Crippen molar-refractivity contribution in [2.75, 3.05) is 38.3 Å². The molecule has 0 spiro atoms. The summed E-state index contributed by atoms with van der Waals surface area (Å²) < 4.78 is 72.6. The third-order valence-electron chi connectivity index (χ3n) is 6.05. The van der Waals surface area contributed by atoms with Gasteiger partial charge in [0.15, 0.2) is 15.4 Å². The minimum absolute atomic E-state index is 0.143. The number of nitrogens with one attached hydrogen (secondary N) is 1. The van der Waals surface area contributed by atoms with Gasteiger partial charge in [0.1, 0.15) is 5.75 Å². The van der Waals surface area contributed by atoms with Gasteiger partial charge in [-0.2, -0.15) is 18.4 Å². The Morgan fingerprint density at radius 1 is 1.07 bits per heavy atom. The Labute approximate surface area is 236 Å². The van der Waals surface area contributed by atoms with E-state index >= 15 is 0 Å². The quantitative estimate of drug-likeness (QED) is 0.310. The van der Waals surface area contributed by atoms with Crippen molar-refractivity contribution in [3.05, 3.63) is 77.9 Å². The molecule has 0 aliphatic rings. The molecule has 8 nitrogen and oxygen atoms in total. The van der Waals surface area contributed by atoms with E-state index in [4.69, 9.17) is 10.00 Å². The van der Waals surface area contributed by atoms with Crippen LogP contribution in [0.3, 0.4) is 0 Å². The van der Waals surface area contributed by atoms with Crippen molar-refractivity contribution in [2.24, 2.45) is 0 Å². The molecular formula is C29H30F3N3O5S. The maximum Gasteiger partial charge on any atom is 0.417 e. The second-order valence-corrected chi connectivity index (χ2v) is 11.8. The first kappa shape index (κ1) is 31.6. The highest BCUT2D eigenvalue weighted by Gasteiger charge is 2.38. The maximum absolute atomic E-state index is 13.5. The van der Waals surface area contributed by atoms with Crippen LogP contribution in [-0.4, -0.2) is 62.9 Å². The predicted molar refractivity (Wildman–Crippen MR) is 148 cm³/mol. The topological polar surface area (TPSA) is 120 Å². The number of hydrogen-bond acceptors (Lipinski definition) is 7. The molecule has 218 valence electrons. The van der Waals surface area contributed by atoms with Crippen LogP contribution in [0.5, 0.6) is 5.75 Å². The van der Waals surface area contributed by atoms with Crippen molar-refractivity contribution >= 4 is 21.4 Å². The van der Waals surface area contributed by atoms with Crippen molar-refractivity contribution in [1.82, 2.24) is 4.90 Å². The van der Waals surface area contributed by atoms with Crippen LogP contribution in [0.15, 0.2) is 71.6 Å². The van der Waals surface area contributed by atoms with Crippen LogP contribution in [0.2, 0.25) is 0 Å². The maximum atomic E-state index is 13.5. The minimum atomic E-state index is -4.87. The molecule has 0 saturated heterocycles. The molecule has 0 aliphatic carbocycles. The van der Waals surface area contributed by atoms with Gasteiger partial charge in [0.05, 0.1) is 34.5 Å². The predicted octanol–water partition coefficient (Wildman–Crippen LogP) is 4.74. The van der Waals surface area contributed by atoms with E-state index < -0.39 is 44.4 Å². The minimum Gasteiger partial charge on any atom is -0.494 e. The third-order valence-corrected chi connectivity index (χ3v) is 8.02. The van der Waals surface area contributed by atoms with Crippen molar-refractivity contribution in [3.63, 3.8) is 0 Å². The zero-order valence-corrected chi connectivity index (χ0v) is 23.5. The van der Waals surface area contributed by atoms with Crippen LogP contribution in [0.4, 0.5) is 18.9 Å². The summed E-state index contributed by atoms with van der Waals surface area (Å²) >= 11 is 0. The molecule has 1 unspecified atom stereocenters. The van der Waals surface area contributed by atoms with Gasteiger partial charge in [-0.1, -0.05) is 30.3 Å². The van der Waals surface area contributed by atoms with Gasteiger partial charge >= 0.3 is 6.18 Å². The van der Waals surface area contributed by atoms with E-state index in [1.807, 2.05) is 19.0 Å². The van der Waals surface area contributed by atoms with Crippen molar-refractivity contribution in [1.29, 1.82) is 5.26 Å². The second-order valence-electron chi connectivity index (χ2n) is 9.89. The number of ether oxygens (including phenoxy) is 1. The van der Waals surface area contributed by atoms with Crippen LogP contribution < -0.4 is 10.1 Å². The summed E-state index contributed by atoms with van der Waals surface area (Å²) in [7, 11) is -0.392. The SMILES string of the molecule is CN(C)CCCOc1cccc(-c2ccccc2S(=O)(=O)CC(C)(O)C(=O)Nc2ccc(C#N)c(C(F)(F)F)c2)c1. The fourth-order valence-corrected chi connectivity index (χ4v) is 5.87. The number of nitriles is 1. The van der Waals surface area contributed by atoms with Crippen molar-refractivity contribution in [3.8, 4) is 22.9 Å². The number of carbonyl (C=O) groups is 1. The molecule has 41 heavy (non-hydrogen) atoms. The molecule has 3 rings (SSSR count). The summed E-state index contributed by atoms with van der Waals surface area (Å²) in [4.78, 5) is 14.7. The Morgan fingerprint density at radius 3 is 2.44 bits per heavy atom. The molecule has 0 aliphatic heterocycles. The average Bonchev–Trinajstić information content (AvgIpc) is 2.90. The molecule has 2 N–H and O–H groups in total. The van der Waals surface area contributed by atoms with E-state index in [-0.39, 0.29) is 10.6 Å². The van der Waals surface area contributed by atoms with Gasteiger partial charge < -0.3 is 20.1 Å². The van der Waals surface area contributed by atoms with E-state index in [2.05, 4.69) is 5.32 Å². The Morgan fingerprint density at radius 2 is 1.78 bits per heavy atom. The number of benzene rings is 3. The van der Waals surface area contributed by atoms with Crippen LogP contribution in [0.25, 0.3) is 11.1 Å². The number of halogens is 3. The normalized spacial score (nSPS) is 13.3. The molecule has 3 aromatic carbocycles. The highest BCUT2D eigenvalue weighted by Crippen LogP contribution is 2.34. The van der Waals surface area contributed by atoms with Crippen LogP contribution >= 0.6 is 0 Å². The van der Waals surface area contributed by atoms with E-state index in [1.165, 1.54) is 18.2 Å². The molecule has 1 atom stereocenters. The molecule has 12 heteroatoms. The molecule has 0 heterocycles. The lowest BCUT2D eigenvalue weighted by molar-refractivity contribution is -0.137. The van der Waals surface area contributed by atoms with E-state index in [9.17, 15) is 31.5 Å². The number of alkyl halides is 3. The first-order chi connectivity index (χ1) is 19.1. The first-order valence-electron chi connectivity index (χ1n) is 12.5. The molecular weight excluding hydrogens is 559 g/mol. The van der Waals surface area contributed by atoms with Crippen molar-refractivity contribution < 1.29 is 36.2 Å². The number of aliphatic hydroxyl groups is 1. The second kappa shape index (κ2) is 12.7. The number of carbonyl (C=O) groups excluding carboxylic acids is 1. The number of anilines is 1. The highest BCUT2D eigenvalue weighted by molar-refractivity contribution is 7.91. The summed E-state index contributed by atoms with van der Waals surface area (Å²) in [5.41, 5.74) is -3.94. The summed E-state index contributed by atoms with van der Waals surface area (Å²) in [6.45, 7) is 2.26. The lowest BCUT2D eigenvalue weighted by Gasteiger charge is -2.23. The van der Waals surface area contributed by atoms with Gasteiger partial charge in [0, 0.05) is 17.8 Å². The molecule has 0 aromatic heterocycles. The zero-order chi connectivity index (χ0) is 30.4. The number of amides is 1. The number of hydrogen-bond donors (Lipinski definition) is 2. The molecule has 0 saturated carbocycles. The average molecular weight is 590 g/mol. The van der Waals surface area contributed by atoms with Crippen molar-refractivity contribution in [2.45, 2.75) is 30.0 Å². The lowest BCUT2D eigenvalue weighted by atomic mass is 10.1. The fourth-order valence-electron chi connectivity index (χ4n) is 4.03. The smallest absolute Gasteiger partial charge is 0.417 e. The van der Waals surface area contributed by atoms with Gasteiger partial charge in [-0.3, -0.25) is 4.79 Å². The molecule has 1 amide bonds. The Hall–Kier alpha value is -3.92. The fraction of sp³-hybridized carbons (Fsp3) is 0.310. The Kier molecular flexibility index (Phi) is 9.81. The Balaban J connectivity index is 1.83.